The summed E-state index contributed by atoms with van der Waals surface area (Å²) in [5.41, 5.74) is 5.95. The van der Waals surface area contributed by atoms with Gasteiger partial charge in [0.2, 0.25) is 0 Å². The third-order valence-electron chi connectivity index (χ3n) is 3.06. The third-order valence-corrected chi connectivity index (χ3v) is 5.07. The van der Waals surface area contributed by atoms with Crippen molar-refractivity contribution in [3.63, 3.8) is 0 Å². The molecule has 3 unspecified atom stereocenters. The van der Waals surface area contributed by atoms with Crippen molar-refractivity contribution in [3.8, 4) is 0 Å². The smallest absolute Gasteiger partial charge is 0.285 e. The van der Waals surface area contributed by atoms with Crippen molar-refractivity contribution in [2.45, 2.75) is 49.3 Å². The van der Waals surface area contributed by atoms with Gasteiger partial charge in [-0.05, 0) is 18.9 Å². The number of rotatable bonds is 7. The molecule has 0 saturated heterocycles. The van der Waals surface area contributed by atoms with Gasteiger partial charge in [-0.3, -0.25) is 14.3 Å². The van der Waals surface area contributed by atoms with E-state index >= 15 is 0 Å². The van der Waals surface area contributed by atoms with Crippen LogP contribution in [0.15, 0.2) is 29.2 Å². The first-order chi connectivity index (χ1) is 9.02. The Bertz CT molecular complexity index is 465. The molecule has 0 heterocycles. The van der Waals surface area contributed by atoms with Crippen LogP contribution >= 0.6 is 0 Å². The first-order valence-corrected chi connectivity index (χ1v) is 7.63. The van der Waals surface area contributed by atoms with Gasteiger partial charge in [-0.15, -0.1) is 0 Å². The number of benzene rings is 1. The third kappa shape index (κ3) is 3.84. The molecular weight excluding hydrogens is 264 g/mol. The van der Waals surface area contributed by atoms with Gasteiger partial charge in [-0.2, -0.15) is 0 Å². The minimum absolute atomic E-state index is 0.0945. The fourth-order valence-electron chi connectivity index (χ4n) is 2.07. The minimum Gasteiger partial charge on any atom is -0.327 e. The number of hydrogen-bond acceptors (Lipinski definition) is 4. The second-order valence-corrected chi connectivity index (χ2v) is 6.06. The number of nitrogens with zero attached hydrogens (tertiary/aromatic N) is 1. The van der Waals surface area contributed by atoms with Gasteiger partial charge in [0, 0.05) is 12.1 Å². The van der Waals surface area contributed by atoms with E-state index in [4.69, 9.17) is 5.73 Å². The molecule has 2 N–H and O–H groups in total. The molecule has 1 rings (SSSR count). The molecule has 1 aromatic carbocycles. The molecule has 0 aliphatic heterocycles. The molecule has 3 atom stereocenters. The second-order valence-electron chi connectivity index (χ2n) is 4.42. The highest BCUT2D eigenvalue weighted by molar-refractivity contribution is 7.86. The summed E-state index contributed by atoms with van der Waals surface area (Å²) in [4.78, 5) is 10.7. The lowest BCUT2D eigenvalue weighted by Crippen LogP contribution is -2.37. The molecule has 1 aromatic rings. The van der Waals surface area contributed by atoms with Gasteiger partial charge in [0.05, 0.1) is 21.0 Å². The first kappa shape index (κ1) is 15.8. The van der Waals surface area contributed by atoms with E-state index in [1.165, 1.54) is 6.07 Å². The van der Waals surface area contributed by atoms with Gasteiger partial charge in [0.15, 0.2) is 0 Å². The zero-order valence-electron chi connectivity index (χ0n) is 11.2. The van der Waals surface area contributed by atoms with Crippen LogP contribution in [0.3, 0.4) is 0 Å². The number of para-hydroxylation sites is 1. The highest BCUT2D eigenvalue weighted by atomic mass is 32.2. The Balaban J connectivity index is 3.07. The second kappa shape index (κ2) is 7.35. The van der Waals surface area contributed by atoms with Crippen molar-refractivity contribution in [1.82, 2.24) is 0 Å². The Morgan fingerprint density at radius 1 is 1.37 bits per heavy atom. The highest BCUT2D eigenvalue weighted by Gasteiger charge is 2.27. The fourth-order valence-corrected chi connectivity index (χ4v) is 3.72. The van der Waals surface area contributed by atoms with Crippen molar-refractivity contribution >= 4 is 16.5 Å². The summed E-state index contributed by atoms with van der Waals surface area (Å²) in [5, 5.41) is 10.7. The molecule has 0 aliphatic carbocycles. The molecule has 5 nitrogen and oxygen atoms in total. The molecular formula is C13H20N2O3S. The Kier molecular flexibility index (Phi) is 6.11. The van der Waals surface area contributed by atoms with Crippen LogP contribution in [-0.2, 0) is 10.8 Å². The van der Waals surface area contributed by atoms with Gasteiger partial charge in [0.1, 0.15) is 4.90 Å². The van der Waals surface area contributed by atoms with E-state index in [2.05, 4.69) is 0 Å². The summed E-state index contributed by atoms with van der Waals surface area (Å²) in [6, 6.07) is 5.97. The lowest BCUT2D eigenvalue weighted by molar-refractivity contribution is -0.387. The van der Waals surface area contributed by atoms with E-state index in [0.717, 1.165) is 12.8 Å². The van der Waals surface area contributed by atoms with Crippen LogP contribution in [-0.4, -0.2) is 20.4 Å². The van der Waals surface area contributed by atoms with E-state index in [-0.39, 0.29) is 21.9 Å². The molecule has 6 heteroatoms. The standard InChI is InChI=1S/C13H20N2O3S/c1-3-7-10(14)12(4-2)19(18)13-9-6-5-8-11(13)15(16)17/h5-6,8-10,12H,3-4,7,14H2,1-2H3. The number of hydrogen-bond donors (Lipinski definition) is 1. The average Bonchev–Trinajstić information content (AvgIpc) is 2.39. The van der Waals surface area contributed by atoms with Gasteiger partial charge < -0.3 is 5.73 Å². The molecule has 0 amide bonds. The molecule has 0 aromatic heterocycles. The summed E-state index contributed by atoms with van der Waals surface area (Å²) in [5.74, 6) is 0. The largest absolute Gasteiger partial charge is 0.327 e. The van der Waals surface area contributed by atoms with E-state index in [1.807, 2.05) is 13.8 Å². The van der Waals surface area contributed by atoms with Gasteiger partial charge in [-0.1, -0.05) is 32.4 Å². The van der Waals surface area contributed by atoms with E-state index < -0.39 is 15.7 Å². The maximum Gasteiger partial charge on any atom is 0.285 e. The van der Waals surface area contributed by atoms with Crippen molar-refractivity contribution in [1.29, 1.82) is 0 Å². The van der Waals surface area contributed by atoms with Crippen molar-refractivity contribution in [2.75, 3.05) is 0 Å². The Morgan fingerprint density at radius 2 is 2.00 bits per heavy atom. The van der Waals surface area contributed by atoms with Crippen LogP contribution in [0, 0.1) is 10.1 Å². The Morgan fingerprint density at radius 3 is 2.53 bits per heavy atom. The zero-order valence-corrected chi connectivity index (χ0v) is 12.1. The van der Waals surface area contributed by atoms with Crippen LogP contribution < -0.4 is 5.73 Å². The van der Waals surface area contributed by atoms with Gasteiger partial charge in [-0.25, -0.2) is 0 Å². The van der Waals surface area contributed by atoms with E-state index in [9.17, 15) is 14.3 Å². The average molecular weight is 284 g/mol. The number of nitro groups is 1. The summed E-state index contributed by atoms with van der Waals surface area (Å²) in [6.45, 7) is 3.92. The van der Waals surface area contributed by atoms with Gasteiger partial charge in [0.25, 0.3) is 5.69 Å². The van der Waals surface area contributed by atoms with E-state index in [0.29, 0.717) is 6.42 Å². The normalized spacial score (nSPS) is 15.7. The molecule has 0 aliphatic rings. The molecule has 106 valence electrons. The molecule has 0 saturated carbocycles. The predicted octanol–water partition coefficient (Wildman–Crippen LogP) is 2.61. The van der Waals surface area contributed by atoms with E-state index in [1.54, 1.807) is 18.2 Å². The lowest BCUT2D eigenvalue weighted by atomic mass is 10.1. The maximum atomic E-state index is 12.5. The fraction of sp³-hybridized carbons (Fsp3) is 0.538. The number of nitrogens with two attached hydrogens (primary N) is 1. The van der Waals surface area contributed by atoms with Crippen LogP contribution in [0.5, 0.6) is 0 Å². The van der Waals surface area contributed by atoms with Gasteiger partial charge >= 0.3 is 0 Å². The summed E-state index contributed by atoms with van der Waals surface area (Å²) in [6.07, 6.45) is 2.32. The van der Waals surface area contributed by atoms with Crippen LogP contribution in [0.4, 0.5) is 5.69 Å². The highest BCUT2D eigenvalue weighted by Crippen LogP contribution is 2.26. The number of nitro benzene ring substituents is 1. The monoisotopic (exact) mass is 284 g/mol. The van der Waals surface area contributed by atoms with Crippen LogP contribution in [0.2, 0.25) is 0 Å². The molecule has 0 bridgehead atoms. The van der Waals surface area contributed by atoms with Crippen molar-refractivity contribution < 1.29 is 9.13 Å². The predicted molar refractivity (Wildman–Crippen MR) is 76.5 cm³/mol. The Labute approximate surface area is 115 Å². The van der Waals surface area contributed by atoms with Crippen LogP contribution in [0.1, 0.15) is 33.1 Å². The Hall–Kier alpha value is -1.27. The topological polar surface area (TPSA) is 86.2 Å². The molecule has 19 heavy (non-hydrogen) atoms. The summed E-state index contributed by atoms with van der Waals surface area (Å²) in [7, 11) is -1.45. The summed E-state index contributed by atoms with van der Waals surface area (Å²) < 4.78 is 12.5. The van der Waals surface area contributed by atoms with Crippen LogP contribution in [0.25, 0.3) is 0 Å². The SMILES string of the molecule is CCCC(N)C(CC)S(=O)c1ccccc1[N+](=O)[O-]. The quantitative estimate of drug-likeness (QED) is 0.616. The van der Waals surface area contributed by atoms with Crippen molar-refractivity contribution in [2.24, 2.45) is 5.73 Å². The molecule has 0 fully saturated rings. The van der Waals surface area contributed by atoms with Crippen molar-refractivity contribution in [3.05, 3.63) is 34.4 Å². The maximum absolute atomic E-state index is 12.5. The first-order valence-electron chi connectivity index (χ1n) is 6.42. The molecule has 0 spiro atoms. The zero-order chi connectivity index (χ0) is 14.4. The lowest BCUT2D eigenvalue weighted by Gasteiger charge is -2.21. The minimum atomic E-state index is -1.45. The molecule has 0 radical (unpaired) electrons. The summed E-state index contributed by atoms with van der Waals surface area (Å²) >= 11 is 0.